The van der Waals surface area contributed by atoms with Crippen molar-refractivity contribution >= 4 is 23.3 Å². The molecule has 7 heteroatoms. The van der Waals surface area contributed by atoms with Crippen molar-refractivity contribution < 1.29 is 9.18 Å². The third-order valence-electron chi connectivity index (χ3n) is 6.26. The molecule has 2 aromatic rings. The summed E-state index contributed by atoms with van der Waals surface area (Å²) >= 11 is 5.83. The summed E-state index contributed by atoms with van der Waals surface area (Å²) in [5.74, 6) is 0.918. The molecule has 2 aliphatic carbocycles. The first-order chi connectivity index (χ1) is 13.5. The smallest absolute Gasteiger partial charge is 0.224 e. The van der Waals surface area contributed by atoms with Crippen molar-refractivity contribution in [3.63, 3.8) is 0 Å². The van der Waals surface area contributed by atoms with Crippen LogP contribution in [0.2, 0.25) is 5.15 Å². The van der Waals surface area contributed by atoms with E-state index in [0.717, 1.165) is 49.2 Å². The van der Waals surface area contributed by atoms with Crippen LogP contribution >= 0.6 is 11.6 Å². The predicted octanol–water partition coefficient (Wildman–Crippen LogP) is 3.47. The maximum atomic E-state index is 14.2. The Kier molecular flexibility index (Phi) is 4.27. The van der Waals surface area contributed by atoms with Gasteiger partial charge in [0.1, 0.15) is 5.82 Å². The van der Waals surface area contributed by atoms with Gasteiger partial charge in [0.05, 0.1) is 12.5 Å². The van der Waals surface area contributed by atoms with Gasteiger partial charge < -0.3 is 10.2 Å². The van der Waals surface area contributed by atoms with E-state index in [1.807, 2.05) is 18.2 Å². The van der Waals surface area contributed by atoms with E-state index in [-0.39, 0.29) is 29.6 Å². The van der Waals surface area contributed by atoms with Crippen LogP contribution in [0.4, 0.5) is 10.2 Å². The molecule has 1 atom stereocenters. The summed E-state index contributed by atoms with van der Waals surface area (Å²) in [6.45, 7) is 1.57. The highest BCUT2D eigenvalue weighted by atomic mass is 35.5. The maximum absolute atomic E-state index is 14.2. The summed E-state index contributed by atoms with van der Waals surface area (Å²) in [6, 6.07) is 8.91. The molecule has 0 bridgehead atoms. The van der Waals surface area contributed by atoms with Gasteiger partial charge in [-0.15, -0.1) is 10.2 Å². The number of nitrogens with one attached hydrogen (secondary N) is 1. The summed E-state index contributed by atoms with van der Waals surface area (Å²) in [5, 5.41) is 11.6. The summed E-state index contributed by atoms with van der Waals surface area (Å²) in [7, 11) is 0. The van der Waals surface area contributed by atoms with Gasteiger partial charge in [-0.3, -0.25) is 4.79 Å². The number of hydrogen-bond acceptors (Lipinski definition) is 4. The second kappa shape index (κ2) is 6.69. The Morgan fingerprint density at radius 1 is 1.25 bits per heavy atom. The number of hydrogen-bond donors (Lipinski definition) is 1. The van der Waals surface area contributed by atoms with Crippen molar-refractivity contribution in [3.05, 3.63) is 52.4 Å². The molecule has 1 aliphatic heterocycles. The third-order valence-corrected chi connectivity index (χ3v) is 6.47. The molecule has 5 rings (SSSR count). The Morgan fingerprint density at radius 2 is 2.07 bits per heavy atom. The van der Waals surface area contributed by atoms with Crippen LogP contribution in [0, 0.1) is 11.2 Å². The number of benzene rings is 1. The van der Waals surface area contributed by atoms with E-state index < -0.39 is 0 Å². The Hall–Kier alpha value is -2.21. The standard InChI is InChI=1S/C21H22ClFN4O/c22-18-5-6-19(26-25-18)27-11-17(21(12-27)7-8-21)24-20(28)10-13-1-4-15(14-2-3-14)16(23)9-13/h1,4-6,9,14,17H,2-3,7-8,10-12H2,(H,24,28)/t17-/m0/s1. The highest BCUT2D eigenvalue weighted by Gasteiger charge is 2.55. The fourth-order valence-corrected chi connectivity index (χ4v) is 4.42. The fourth-order valence-electron chi connectivity index (χ4n) is 4.32. The van der Waals surface area contributed by atoms with Crippen molar-refractivity contribution in [1.82, 2.24) is 15.5 Å². The number of amides is 1. The van der Waals surface area contributed by atoms with Gasteiger partial charge in [0.15, 0.2) is 11.0 Å². The SMILES string of the molecule is O=C(Cc1ccc(C2CC2)c(F)c1)N[C@H]1CN(c2ccc(Cl)nn2)CC12CC2. The maximum Gasteiger partial charge on any atom is 0.224 e. The quantitative estimate of drug-likeness (QED) is 0.834. The van der Waals surface area contributed by atoms with Gasteiger partial charge in [-0.25, -0.2) is 4.39 Å². The monoisotopic (exact) mass is 400 g/mol. The van der Waals surface area contributed by atoms with Crippen LogP contribution in [0.15, 0.2) is 30.3 Å². The van der Waals surface area contributed by atoms with Crippen molar-refractivity contribution in [3.8, 4) is 0 Å². The number of aromatic nitrogens is 2. The van der Waals surface area contributed by atoms with Gasteiger partial charge in [0.25, 0.3) is 0 Å². The Morgan fingerprint density at radius 3 is 2.71 bits per heavy atom. The van der Waals surface area contributed by atoms with Gasteiger partial charge >= 0.3 is 0 Å². The van der Waals surface area contributed by atoms with Gasteiger partial charge in [-0.05, 0) is 60.9 Å². The van der Waals surface area contributed by atoms with Crippen LogP contribution < -0.4 is 10.2 Å². The minimum absolute atomic E-state index is 0.0566. The van der Waals surface area contributed by atoms with E-state index in [1.54, 1.807) is 6.07 Å². The molecule has 1 aromatic carbocycles. The number of carbonyl (C=O) groups excluding carboxylic acids is 1. The van der Waals surface area contributed by atoms with Crippen molar-refractivity contribution in [2.45, 2.75) is 44.1 Å². The summed E-state index contributed by atoms with van der Waals surface area (Å²) in [5.41, 5.74) is 1.64. The van der Waals surface area contributed by atoms with E-state index in [2.05, 4.69) is 20.4 Å². The molecular formula is C21H22ClFN4O. The Bertz CT molecular complexity index is 911. The molecule has 5 nitrogen and oxygen atoms in total. The normalized spacial score (nSPS) is 22.5. The van der Waals surface area contributed by atoms with E-state index >= 15 is 0 Å². The van der Waals surface area contributed by atoms with Crippen LogP contribution in [0.25, 0.3) is 0 Å². The number of rotatable bonds is 5. The molecule has 28 heavy (non-hydrogen) atoms. The Labute approximate surface area is 168 Å². The van der Waals surface area contributed by atoms with E-state index in [9.17, 15) is 9.18 Å². The summed E-state index contributed by atoms with van der Waals surface area (Å²) < 4.78 is 14.2. The number of carbonyl (C=O) groups is 1. The number of anilines is 1. The van der Waals surface area contributed by atoms with Gasteiger partial charge in [0.2, 0.25) is 5.91 Å². The molecule has 3 fully saturated rings. The minimum atomic E-state index is -0.181. The zero-order valence-electron chi connectivity index (χ0n) is 15.5. The van der Waals surface area contributed by atoms with Crippen LogP contribution in [0.5, 0.6) is 0 Å². The molecule has 1 N–H and O–H groups in total. The highest BCUT2D eigenvalue weighted by Crippen LogP contribution is 2.53. The summed E-state index contributed by atoms with van der Waals surface area (Å²) in [4.78, 5) is 14.8. The molecule has 0 radical (unpaired) electrons. The molecular weight excluding hydrogens is 379 g/mol. The highest BCUT2D eigenvalue weighted by molar-refractivity contribution is 6.29. The van der Waals surface area contributed by atoms with Crippen LogP contribution in [-0.4, -0.2) is 35.2 Å². The average Bonchev–Trinajstić information content (AvgIpc) is 3.56. The topological polar surface area (TPSA) is 58.1 Å². The summed E-state index contributed by atoms with van der Waals surface area (Å²) in [6.07, 6.45) is 4.53. The predicted molar refractivity (Wildman–Crippen MR) is 105 cm³/mol. The van der Waals surface area contributed by atoms with E-state index in [4.69, 9.17) is 11.6 Å². The van der Waals surface area contributed by atoms with E-state index in [0.29, 0.717) is 17.6 Å². The Balaban J connectivity index is 1.23. The molecule has 2 heterocycles. The number of halogens is 2. The molecule has 1 aromatic heterocycles. The van der Waals surface area contributed by atoms with Crippen molar-refractivity contribution in [2.24, 2.45) is 5.41 Å². The molecule has 1 amide bonds. The van der Waals surface area contributed by atoms with Crippen LogP contribution in [-0.2, 0) is 11.2 Å². The first-order valence-corrected chi connectivity index (χ1v) is 10.2. The zero-order chi connectivity index (χ0) is 19.3. The molecule has 0 unspecified atom stereocenters. The molecule has 3 aliphatic rings. The lowest BCUT2D eigenvalue weighted by molar-refractivity contribution is -0.121. The van der Waals surface area contributed by atoms with Crippen LogP contribution in [0.3, 0.4) is 0 Å². The number of nitrogens with zero attached hydrogens (tertiary/aromatic N) is 3. The lowest BCUT2D eigenvalue weighted by Crippen LogP contribution is -2.42. The lowest BCUT2D eigenvalue weighted by Gasteiger charge is -2.18. The minimum Gasteiger partial charge on any atom is -0.352 e. The van der Waals surface area contributed by atoms with Gasteiger partial charge in [-0.1, -0.05) is 23.7 Å². The van der Waals surface area contributed by atoms with Gasteiger partial charge in [-0.2, -0.15) is 0 Å². The second-order valence-electron chi connectivity index (χ2n) is 8.38. The molecule has 1 spiro atoms. The molecule has 1 saturated heterocycles. The first-order valence-electron chi connectivity index (χ1n) is 9.84. The largest absolute Gasteiger partial charge is 0.352 e. The lowest BCUT2D eigenvalue weighted by atomic mass is 10.00. The van der Waals surface area contributed by atoms with E-state index in [1.165, 1.54) is 6.07 Å². The first kappa shape index (κ1) is 17.9. The molecule has 2 saturated carbocycles. The van der Waals surface area contributed by atoms with Gasteiger partial charge in [0, 0.05) is 18.5 Å². The zero-order valence-corrected chi connectivity index (χ0v) is 16.3. The fraction of sp³-hybridized carbons (Fsp3) is 0.476. The second-order valence-corrected chi connectivity index (χ2v) is 8.77. The third kappa shape index (κ3) is 3.46. The van der Waals surface area contributed by atoms with Crippen molar-refractivity contribution in [1.29, 1.82) is 0 Å². The van der Waals surface area contributed by atoms with Crippen molar-refractivity contribution in [2.75, 3.05) is 18.0 Å². The average molecular weight is 401 g/mol. The molecule has 146 valence electrons. The van der Waals surface area contributed by atoms with Crippen LogP contribution in [0.1, 0.15) is 42.7 Å².